The number of hydrogen-bond acceptors (Lipinski definition) is 15. The molecule has 0 aliphatic heterocycles. The van der Waals surface area contributed by atoms with Gasteiger partial charge in [0, 0.05) is 25.7 Å². The third-order valence-corrected chi connectivity index (χ3v) is 19.2. The molecule has 0 fully saturated rings. The first-order valence-corrected chi connectivity index (χ1v) is 42.3. The average Bonchev–Trinajstić information content (AvgIpc) is 2.34. The van der Waals surface area contributed by atoms with Crippen LogP contribution in [0.25, 0.3) is 0 Å². The highest BCUT2D eigenvalue weighted by Gasteiger charge is 2.30. The van der Waals surface area contributed by atoms with Crippen LogP contribution in [0, 0.1) is 11.8 Å². The van der Waals surface area contributed by atoms with Crippen LogP contribution in [0.2, 0.25) is 0 Å². The second-order valence-electron chi connectivity index (χ2n) is 28.0. The number of esters is 4. The molecule has 0 aromatic carbocycles. The van der Waals surface area contributed by atoms with Crippen molar-refractivity contribution in [2.45, 2.75) is 394 Å². The number of hydrogen-bond donors (Lipinski definition) is 3. The zero-order valence-electron chi connectivity index (χ0n) is 62.2. The van der Waals surface area contributed by atoms with Gasteiger partial charge in [0.2, 0.25) is 0 Å². The van der Waals surface area contributed by atoms with E-state index in [0.29, 0.717) is 31.6 Å². The summed E-state index contributed by atoms with van der Waals surface area (Å²) < 4.78 is 68.5. The van der Waals surface area contributed by atoms with Gasteiger partial charge in [-0.2, -0.15) is 0 Å². The fourth-order valence-corrected chi connectivity index (χ4v) is 12.9. The van der Waals surface area contributed by atoms with E-state index in [1.807, 2.05) is 0 Å². The third-order valence-electron chi connectivity index (χ3n) is 17.3. The molecule has 0 rings (SSSR count). The number of rotatable bonds is 74. The molecule has 0 aliphatic carbocycles. The lowest BCUT2D eigenvalue weighted by molar-refractivity contribution is -0.161. The Hall–Kier alpha value is -2.46. The van der Waals surface area contributed by atoms with Crippen LogP contribution in [-0.2, 0) is 65.4 Å². The maximum atomic E-state index is 13.1. The fraction of sp³-hybridized carbons (Fsp3) is 0.896. The molecule has 2 unspecified atom stereocenters. The van der Waals surface area contributed by atoms with Crippen LogP contribution in [0.3, 0.4) is 0 Å². The molecule has 0 aliphatic rings. The molecular weight excluding hydrogens is 1260 g/mol. The number of aliphatic hydroxyl groups excluding tert-OH is 1. The van der Waals surface area contributed by atoms with E-state index >= 15 is 0 Å². The summed E-state index contributed by atoms with van der Waals surface area (Å²) >= 11 is 0. The minimum absolute atomic E-state index is 0.101. The molecule has 566 valence electrons. The van der Waals surface area contributed by atoms with Crippen molar-refractivity contribution >= 4 is 39.5 Å². The van der Waals surface area contributed by atoms with Crippen molar-refractivity contribution < 1.29 is 80.2 Å². The normalized spacial score (nSPS) is 14.2. The van der Waals surface area contributed by atoms with Crippen LogP contribution in [0.4, 0.5) is 0 Å². The number of phosphoric ester groups is 2. The first-order chi connectivity index (χ1) is 46.4. The van der Waals surface area contributed by atoms with Crippen molar-refractivity contribution in [1.82, 2.24) is 0 Å². The highest BCUT2D eigenvalue weighted by atomic mass is 31.2. The summed E-state index contributed by atoms with van der Waals surface area (Å²) in [5, 5.41) is 10.6. The van der Waals surface area contributed by atoms with E-state index in [0.717, 1.165) is 121 Å². The van der Waals surface area contributed by atoms with Crippen molar-refractivity contribution in [2.75, 3.05) is 39.6 Å². The lowest BCUT2D eigenvalue weighted by Crippen LogP contribution is -2.30. The minimum atomic E-state index is -4.97. The first-order valence-electron chi connectivity index (χ1n) is 39.3. The van der Waals surface area contributed by atoms with E-state index in [1.54, 1.807) is 0 Å². The van der Waals surface area contributed by atoms with Crippen molar-refractivity contribution in [1.29, 1.82) is 0 Å². The topological polar surface area (TPSA) is 237 Å². The summed E-state index contributed by atoms with van der Waals surface area (Å²) in [6.07, 6.45) is 59.2. The lowest BCUT2D eigenvalue weighted by atomic mass is 10.0. The lowest BCUT2D eigenvalue weighted by Gasteiger charge is -2.21. The smallest absolute Gasteiger partial charge is 0.462 e. The third kappa shape index (κ3) is 70.0. The van der Waals surface area contributed by atoms with Crippen LogP contribution >= 0.6 is 15.6 Å². The van der Waals surface area contributed by atoms with Gasteiger partial charge in [-0.3, -0.25) is 37.3 Å². The van der Waals surface area contributed by atoms with Gasteiger partial charge in [-0.05, 0) is 63.2 Å². The van der Waals surface area contributed by atoms with E-state index in [-0.39, 0.29) is 25.7 Å². The molecule has 0 aromatic rings. The molecular formula is C77H146O17P2. The van der Waals surface area contributed by atoms with Gasteiger partial charge < -0.3 is 33.8 Å². The zero-order chi connectivity index (χ0) is 70.7. The van der Waals surface area contributed by atoms with Gasteiger partial charge in [0.1, 0.15) is 19.3 Å². The van der Waals surface area contributed by atoms with Gasteiger partial charge >= 0.3 is 39.5 Å². The number of ether oxygens (including phenoxy) is 4. The first kappa shape index (κ1) is 93.5. The van der Waals surface area contributed by atoms with Crippen LogP contribution in [0.1, 0.15) is 375 Å². The molecule has 0 radical (unpaired) electrons. The summed E-state index contributed by atoms with van der Waals surface area (Å²) in [4.78, 5) is 72.8. The Labute approximate surface area is 586 Å². The predicted octanol–water partition coefficient (Wildman–Crippen LogP) is 22.3. The number of unbranched alkanes of at least 4 members (excludes halogenated alkanes) is 41. The van der Waals surface area contributed by atoms with Crippen molar-refractivity contribution in [2.24, 2.45) is 11.8 Å². The van der Waals surface area contributed by atoms with Gasteiger partial charge in [-0.1, -0.05) is 323 Å². The van der Waals surface area contributed by atoms with Crippen LogP contribution < -0.4 is 0 Å². The number of allylic oxidation sites excluding steroid dienone is 4. The fourth-order valence-electron chi connectivity index (χ4n) is 11.3. The van der Waals surface area contributed by atoms with Gasteiger partial charge in [-0.15, -0.1) is 0 Å². The Bertz CT molecular complexity index is 1950. The quantitative estimate of drug-likeness (QED) is 0.0169. The summed E-state index contributed by atoms with van der Waals surface area (Å²) in [5.41, 5.74) is 0. The van der Waals surface area contributed by atoms with Gasteiger partial charge in [-0.25, -0.2) is 9.13 Å². The van der Waals surface area contributed by atoms with Gasteiger partial charge in [0.15, 0.2) is 12.2 Å². The Balaban J connectivity index is 5.26. The highest BCUT2D eigenvalue weighted by molar-refractivity contribution is 7.47. The Morgan fingerprint density at radius 3 is 0.854 bits per heavy atom. The second kappa shape index (κ2) is 68.3. The molecule has 0 saturated heterocycles. The number of carbonyl (C=O) groups is 4. The molecule has 17 nitrogen and oxygen atoms in total. The average molecular weight is 1410 g/mol. The van der Waals surface area contributed by atoms with Gasteiger partial charge in [0.05, 0.1) is 26.4 Å². The molecule has 0 heterocycles. The molecule has 0 spiro atoms. The minimum Gasteiger partial charge on any atom is -0.462 e. The van der Waals surface area contributed by atoms with E-state index in [2.05, 4.69) is 65.8 Å². The summed E-state index contributed by atoms with van der Waals surface area (Å²) in [6.45, 7) is 9.48. The molecule has 96 heavy (non-hydrogen) atoms. The summed E-state index contributed by atoms with van der Waals surface area (Å²) in [6, 6.07) is 0. The van der Waals surface area contributed by atoms with Crippen molar-refractivity contribution in [3.05, 3.63) is 24.3 Å². The molecule has 0 saturated carbocycles. The molecule has 0 bridgehead atoms. The van der Waals surface area contributed by atoms with E-state index < -0.39 is 97.5 Å². The van der Waals surface area contributed by atoms with Crippen LogP contribution in [-0.4, -0.2) is 96.7 Å². The van der Waals surface area contributed by atoms with Crippen LogP contribution in [0.15, 0.2) is 24.3 Å². The predicted molar refractivity (Wildman–Crippen MR) is 391 cm³/mol. The number of phosphoric acid groups is 2. The SMILES string of the molecule is CCCCCC/C=C\C=C/CCCCCCCC(=O)OC[C@H](COP(=O)(O)OC[C@@H](O)COP(=O)(O)OC[C@@H](COC(=O)CCCCCCCCC(C)C)OC(=O)CCCCCCCCCCCCCCC)OC(=O)CCCCCCCCCCCCCCCCCCC(C)C. The maximum Gasteiger partial charge on any atom is 0.472 e. The largest absolute Gasteiger partial charge is 0.472 e. The molecule has 5 atom stereocenters. The molecule has 19 heteroatoms. The van der Waals surface area contributed by atoms with Crippen LogP contribution in [0.5, 0.6) is 0 Å². The van der Waals surface area contributed by atoms with E-state index in [1.165, 1.54) is 167 Å². The molecule has 0 aromatic heterocycles. The summed E-state index contributed by atoms with van der Waals surface area (Å²) in [7, 11) is -9.92. The van der Waals surface area contributed by atoms with E-state index in [9.17, 15) is 43.2 Å². The summed E-state index contributed by atoms with van der Waals surface area (Å²) in [5.74, 6) is -0.661. The molecule has 0 amide bonds. The molecule has 3 N–H and O–H groups in total. The highest BCUT2D eigenvalue weighted by Crippen LogP contribution is 2.45. The maximum absolute atomic E-state index is 13.1. The Morgan fingerprint density at radius 2 is 0.562 bits per heavy atom. The Kier molecular flexibility index (Phi) is 66.6. The van der Waals surface area contributed by atoms with Gasteiger partial charge in [0.25, 0.3) is 0 Å². The van der Waals surface area contributed by atoms with Crippen molar-refractivity contribution in [3.63, 3.8) is 0 Å². The van der Waals surface area contributed by atoms with Crippen molar-refractivity contribution in [3.8, 4) is 0 Å². The number of carbonyl (C=O) groups excluding carboxylic acids is 4. The zero-order valence-corrected chi connectivity index (χ0v) is 63.9. The standard InChI is InChI=1S/C77H146O17P2/c1-7-9-11-13-15-17-19-21-24-29-32-36-40-47-53-59-74(79)87-65-72(93-76(81)62-56-50-42-38-34-30-26-23-22-25-28-31-35-39-45-51-57-69(3)4)67-91-95(83,84)89-63-71(78)64-90-96(85,86)92-68-73(66-88-75(80)60-54-48-44-43-46-52-58-70(5)6)94-77(82)61-55-49-41-37-33-27-20-18-16-14-12-10-8-2/h17,19,21,24,69-73,78H,7-16,18,20,22-23,25-68H2,1-6H3,(H,83,84)(H,85,86)/b19-17-,24-21-/t71-,72-,73-/m1/s1. The second-order valence-corrected chi connectivity index (χ2v) is 30.9. The Morgan fingerprint density at radius 1 is 0.323 bits per heavy atom. The number of aliphatic hydroxyl groups is 1. The van der Waals surface area contributed by atoms with E-state index in [4.69, 9.17) is 37.0 Å². The monoisotopic (exact) mass is 1410 g/mol.